The third-order valence-electron chi connectivity index (χ3n) is 3.48. The minimum atomic E-state index is -0.938. The van der Waals surface area contributed by atoms with Gasteiger partial charge in [0, 0.05) is 26.7 Å². The van der Waals surface area contributed by atoms with Gasteiger partial charge in [0.1, 0.15) is 0 Å². The Bertz CT molecular complexity index is 575. The predicted octanol–water partition coefficient (Wildman–Crippen LogP) is 2.80. The summed E-state index contributed by atoms with van der Waals surface area (Å²) in [5.41, 5.74) is 2.27. The van der Waals surface area contributed by atoms with Crippen molar-refractivity contribution in [1.29, 1.82) is 0 Å². The third-order valence-corrected chi connectivity index (χ3v) is 3.48. The molecule has 5 nitrogen and oxygen atoms in total. The van der Waals surface area contributed by atoms with Crippen LogP contribution in [-0.2, 0) is 13.1 Å². The summed E-state index contributed by atoms with van der Waals surface area (Å²) >= 11 is 0. The zero-order chi connectivity index (χ0) is 15.8. The lowest BCUT2D eigenvalue weighted by molar-refractivity contribution is 0.0696. The molecule has 0 saturated carbocycles. The Morgan fingerprint density at radius 2 is 1.86 bits per heavy atom. The summed E-state index contributed by atoms with van der Waals surface area (Å²) in [5, 5.41) is 9.02. The van der Waals surface area contributed by atoms with E-state index in [0.29, 0.717) is 19.6 Å². The Labute approximate surface area is 125 Å². The average molecular weight is 290 g/mol. The molecule has 1 aliphatic heterocycles. The van der Waals surface area contributed by atoms with Gasteiger partial charge < -0.3 is 14.9 Å². The molecule has 1 aromatic carbocycles. The maximum absolute atomic E-state index is 12.4. The second kappa shape index (κ2) is 5.39. The van der Waals surface area contributed by atoms with Crippen LogP contribution in [0.1, 0.15) is 42.3 Å². The molecule has 2 amide bonds. The number of hydrogen-bond acceptors (Lipinski definition) is 2. The van der Waals surface area contributed by atoms with Gasteiger partial charge in [0.15, 0.2) is 0 Å². The van der Waals surface area contributed by atoms with Gasteiger partial charge in [0.25, 0.3) is 0 Å². The van der Waals surface area contributed by atoms with Crippen molar-refractivity contribution < 1.29 is 14.7 Å². The molecule has 0 unspecified atom stereocenters. The summed E-state index contributed by atoms with van der Waals surface area (Å²) in [6.07, 6.45) is 0. The fourth-order valence-electron chi connectivity index (χ4n) is 2.68. The van der Waals surface area contributed by atoms with Gasteiger partial charge in [-0.1, -0.05) is 26.8 Å². The molecule has 1 N–H and O–H groups in total. The fraction of sp³-hybridized carbons (Fsp3) is 0.500. The maximum atomic E-state index is 12.4. The minimum absolute atomic E-state index is 0.0157. The minimum Gasteiger partial charge on any atom is -0.478 e. The van der Waals surface area contributed by atoms with Crippen molar-refractivity contribution in [2.75, 3.05) is 13.6 Å². The van der Waals surface area contributed by atoms with E-state index >= 15 is 0 Å². The van der Waals surface area contributed by atoms with E-state index in [2.05, 4.69) is 20.8 Å². The highest BCUT2D eigenvalue weighted by molar-refractivity contribution is 5.88. The lowest BCUT2D eigenvalue weighted by Crippen LogP contribution is -2.41. The van der Waals surface area contributed by atoms with Crippen LogP contribution in [0.4, 0.5) is 4.79 Å². The van der Waals surface area contributed by atoms with Gasteiger partial charge in [0.2, 0.25) is 0 Å². The van der Waals surface area contributed by atoms with Crippen molar-refractivity contribution >= 4 is 12.0 Å². The van der Waals surface area contributed by atoms with Crippen LogP contribution in [0.2, 0.25) is 0 Å². The van der Waals surface area contributed by atoms with Crippen molar-refractivity contribution in [2.45, 2.75) is 33.9 Å². The SMILES string of the molecule is CN(CC(C)(C)C)C(=O)N1Cc2ccc(C(=O)O)cc2C1. The molecule has 0 fully saturated rings. The second-order valence-corrected chi connectivity index (χ2v) is 6.84. The second-order valence-electron chi connectivity index (χ2n) is 6.84. The van der Waals surface area contributed by atoms with Crippen molar-refractivity contribution in [3.63, 3.8) is 0 Å². The van der Waals surface area contributed by atoms with Gasteiger partial charge in [-0.25, -0.2) is 9.59 Å². The predicted molar refractivity (Wildman–Crippen MR) is 80.1 cm³/mol. The van der Waals surface area contributed by atoms with Gasteiger partial charge in [-0.3, -0.25) is 0 Å². The van der Waals surface area contributed by atoms with E-state index in [4.69, 9.17) is 5.11 Å². The molecule has 1 aromatic rings. The Morgan fingerprint density at radius 1 is 1.24 bits per heavy atom. The fourth-order valence-corrected chi connectivity index (χ4v) is 2.68. The number of benzene rings is 1. The highest BCUT2D eigenvalue weighted by atomic mass is 16.4. The maximum Gasteiger partial charge on any atom is 0.335 e. The van der Waals surface area contributed by atoms with Crippen molar-refractivity contribution in [2.24, 2.45) is 5.41 Å². The van der Waals surface area contributed by atoms with E-state index in [0.717, 1.165) is 11.1 Å². The summed E-state index contributed by atoms with van der Waals surface area (Å²) in [4.78, 5) is 26.9. The molecule has 0 radical (unpaired) electrons. The lowest BCUT2D eigenvalue weighted by Gasteiger charge is -2.30. The molecule has 2 rings (SSSR count). The summed E-state index contributed by atoms with van der Waals surface area (Å²) in [5.74, 6) is -0.938. The molecule has 1 aliphatic rings. The molecule has 5 heteroatoms. The number of aromatic carboxylic acids is 1. The summed E-state index contributed by atoms with van der Waals surface area (Å²) in [6, 6.07) is 5.04. The number of fused-ring (bicyclic) bond motifs is 1. The normalized spacial score (nSPS) is 14.0. The smallest absolute Gasteiger partial charge is 0.335 e. The number of urea groups is 1. The van der Waals surface area contributed by atoms with Crippen LogP contribution in [0.5, 0.6) is 0 Å². The number of carbonyl (C=O) groups excluding carboxylic acids is 1. The Hall–Kier alpha value is -2.04. The van der Waals surface area contributed by atoms with E-state index in [1.54, 1.807) is 35.0 Å². The molecule has 0 atom stereocenters. The van der Waals surface area contributed by atoms with E-state index in [-0.39, 0.29) is 17.0 Å². The van der Waals surface area contributed by atoms with E-state index in [9.17, 15) is 9.59 Å². The first-order valence-electron chi connectivity index (χ1n) is 7.02. The highest BCUT2D eigenvalue weighted by Crippen LogP contribution is 2.25. The Morgan fingerprint density at radius 3 is 2.43 bits per heavy atom. The lowest BCUT2D eigenvalue weighted by atomic mass is 9.96. The van der Waals surface area contributed by atoms with Crippen LogP contribution in [0.25, 0.3) is 0 Å². The molecule has 0 bridgehead atoms. The zero-order valence-corrected chi connectivity index (χ0v) is 13.0. The van der Waals surface area contributed by atoms with E-state index in [1.165, 1.54) is 0 Å². The first-order valence-corrected chi connectivity index (χ1v) is 7.02. The molecule has 21 heavy (non-hydrogen) atoms. The average Bonchev–Trinajstić information content (AvgIpc) is 2.78. The quantitative estimate of drug-likeness (QED) is 0.911. The number of amides is 2. The number of nitrogens with zero attached hydrogens (tertiary/aromatic N) is 2. The number of hydrogen-bond donors (Lipinski definition) is 1. The van der Waals surface area contributed by atoms with Crippen LogP contribution in [-0.4, -0.2) is 40.5 Å². The molecule has 0 aliphatic carbocycles. The third kappa shape index (κ3) is 3.54. The van der Waals surface area contributed by atoms with Gasteiger partial charge in [-0.15, -0.1) is 0 Å². The topological polar surface area (TPSA) is 60.9 Å². The highest BCUT2D eigenvalue weighted by Gasteiger charge is 2.28. The zero-order valence-electron chi connectivity index (χ0n) is 13.0. The van der Waals surface area contributed by atoms with Gasteiger partial charge in [-0.2, -0.15) is 0 Å². The first kappa shape index (κ1) is 15.4. The van der Waals surface area contributed by atoms with Crippen LogP contribution in [0.15, 0.2) is 18.2 Å². The van der Waals surface area contributed by atoms with Crippen LogP contribution in [0.3, 0.4) is 0 Å². The van der Waals surface area contributed by atoms with Gasteiger partial charge >= 0.3 is 12.0 Å². The number of carboxylic acid groups (broad SMARTS) is 1. The first-order chi connectivity index (χ1) is 9.67. The van der Waals surface area contributed by atoms with Crippen LogP contribution >= 0.6 is 0 Å². The molecule has 0 aromatic heterocycles. The summed E-state index contributed by atoms with van der Waals surface area (Å²) < 4.78 is 0. The van der Waals surface area contributed by atoms with E-state index in [1.807, 2.05) is 0 Å². The molecular formula is C16H22N2O3. The van der Waals surface area contributed by atoms with Crippen LogP contribution < -0.4 is 0 Å². The summed E-state index contributed by atoms with van der Waals surface area (Å²) in [6.45, 7) is 7.98. The van der Waals surface area contributed by atoms with E-state index < -0.39 is 5.97 Å². The summed E-state index contributed by atoms with van der Waals surface area (Å²) in [7, 11) is 1.80. The number of carbonyl (C=O) groups is 2. The molecule has 0 saturated heterocycles. The Balaban J connectivity index is 2.09. The van der Waals surface area contributed by atoms with Crippen molar-refractivity contribution in [3.8, 4) is 0 Å². The molecular weight excluding hydrogens is 268 g/mol. The van der Waals surface area contributed by atoms with Crippen molar-refractivity contribution in [3.05, 3.63) is 34.9 Å². The number of carboxylic acids is 1. The molecule has 0 spiro atoms. The molecule has 1 heterocycles. The standard InChI is InChI=1S/C16H22N2O3/c1-16(2,3)10-17(4)15(21)18-8-12-6-5-11(14(19)20)7-13(12)9-18/h5-7H,8-10H2,1-4H3,(H,19,20). The van der Waals surface area contributed by atoms with Crippen molar-refractivity contribution in [1.82, 2.24) is 9.80 Å². The largest absolute Gasteiger partial charge is 0.478 e. The molecule has 114 valence electrons. The number of rotatable bonds is 2. The van der Waals surface area contributed by atoms with Gasteiger partial charge in [0.05, 0.1) is 5.56 Å². The van der Waals surface area contributed by atoms with Gasteiger partial charge in [-0.05, 0) is 28.7 Å². The van der Waals surface area contributed by atoms with Crippen LogP contribution in [0, 0.1) is 5.41 Å². The Kier molecular flexibility index (Phi) is 3.94. The monoisotopic (exact) mass is 290 g/mol.